The normalized spacial score (nSPS) is 22.7. The van der Waals surface area contributed by atoms with Gasteiger partial charge in [-0.05, 0) is 19.8 Å². The molecule has 14 heavy (non-hydrogen) atoms. The standard InChI is InChI=1S/C10H18N4/c1-2-14-8-10(6-12-14)13-5-3-4-9(11)7-13/h6,8-9H,2-5,7,11H2,1H3. The van der Waals surface area contributed by atoms with Crippen LogP contribution in [-0.4, -0.2) is 28.9 Å². The molecule has 1 unspecified atom stereocenters. The summed E-state index contributed by atoms with van der Waals surface area (Å²) in [6.45, 7) is 5.11. The molecule has 2 heterocycles. The number of hydrogen-bond donors (Lipinski definition) is 1. The Kier molecular flexibility index (Phi) is 2.72. The highest BCUT2D eigenvalue weighted by atomic mass is 15.3. The van der Waals surface area contributed by atoms with Crippen LogP contribution in [0.5, 0.6) is 0 Å². The molecule has 2 rings (SSSR count). The first-order valence-electron chi connectivity index (χ1n) is 5.32. The van der Waals surface area contributed by atoms with Crippen molar-refractivity contribution in [3.8, 4) is 0 Å². The fourth-order valence-electron chi connectivity index (χ4n) is 1.93. The van der Waals surface area contributed by atoms with Gasteiger partial charge in [-0.3, -0.25) is 4.68 Å². The van der Waals surface area contributed by atoms with Crippen molar-refractivity contribution < 1.29 is 0 Å². The summed E-state index contributed by atoms with van der Waals surface area (Å²) in [4.78, 5) is 2.33. The van der Waals surface area contributed by atoms with Gasteiger partial charge in [0.2, 0.25) is 0 Å². The molecule has 0 saturated carbocycles. The van der Waals surface area contributed by atoms with E-state index in [-0.39, 0.29) is 0 Å². The average Bonchev–Trinajstić information content (AvgIpc) is 2.66. The van der Waals surface area contributed by atoms with Gasteiger partial charge in [-0.25, -0.2) is 0 Å². The lowest BCUT2D eigenvalue weighted by molar-refractivity contribution is 0.506. The molecule has 1 fully saturated rings. The van der Waals surface area contributed by atoms with E-state index in [4.69, 9.17) is 5.73 Å². The highest BCUT2D eigenvalue weighted by Gasteiger charge is 2.17. The van der Waals surface area contributed by atoms with E-state index in [0.29, 0.717) is 6.04 Å². The number of nitrogens with zero attached hydrogens (tertiary/aromatic N) is 3. The predicted octanol–water partition coefficient (Wildman–Crippen LogP) is 0.830. The third-order valence-electron chi connectivity index (χ3n) is 2.77. The zero-order valence-corrected chi connectivity index (χ0v) is 8.69. The second kappa shape index (κ2) is 4.00. The van der Waals surface area contributed by atoms with Crippen molar-refractivity contribution in [3.63, 3.8) is 0 Å². The SMILES string of the molecule is CCn1cc(N2CCCC(N)C2)cn1. The number of rotatable bonds is 2. The second-order valence-corrected chi connectivity index (χ2v) is 3.90. The minimum atomic E-state index is 0.328. The van der Waals surface area contributed by atoms with Crippen molar-refractivity contribution in [1.29, 1.82) is 0 Å². The summed E-state index contributed by atoms with van der Waals surface area (Å²) >= 11 is 0. The fraction of sp³-hybridized carbons (Fsp3) is 0.700. The van der Waals surface area contributed by atoms with Crippen LogP contribution in [0.2, 0.25) is 0 Å². The summed E-state index contributed by atoms with van der Waals surface area (Å²) in [5, 5.41) is 4.27. The van der Waals surface area contributed by atoms with E-state index in [1.807, 2.05) is 10.9 Å². The molecule has 1 atom stereocenters. The van der Waals surface area contributed by atoms with Gasteiger partial charge in [-0.1, -0.05) is 0 Å². The molecule has 1 saturated heterocycles. The van der Waals surface area contributed by atoms with Crippen LogP contribution in [0.3, 0.4) is 0 Å². The maximum Gasteiger partial charge on any atom is 0.0753 e. The van der Waals surface area contributed by atoms with Crippen LogP contribution in [0, 0.1) is 0 Å². The molecule has 1 aliphatic heterocycles. The number of hydrogen-bond acceptors (Lipinski definition) is 3. The first kappa shape index (κ1) is 9.52. The maximum atomic E-state index is 5.93. The lowest BCUT2D eigenvalue weighted by Gasteiger charge is -2.31. The minimum Gasteiger partial charge on any atom is -0.367 e. The summed E-state index contributed by atoms with van der Waals surface area (Å²) in [7, 11) is 0. The number of aryl methyl sites for hydroxylation is 1. The molecule has 0 radical (unpaired) electrons. The van der Waals surface area contributed by atoms with Gasteiger partial charge >= 0.3 is 0 Å². The van der Waals surface area contributed by atoms with Crippen LogP contribution in [-0.2, 0) is 6.54 Å². The van der Waals surface area contributed by atoms with Crippen molar-refractivity contribution in [2.24, 2.45) is 5.73 Å². The molecule has 0 spiro atoms. The van der Waals surface area contributed by atoms with Crippen molar-refractivity contribution in [2.45, 2.75) is 32.4 Å². The molecule has 2 N–H and O–H groups in total. The molecular formula is C10H18N4. The highest BCUT2D eigenvalue weighted by Crippen LogP contribution is 2.18. The Morgan fingerprint density at radius 2 is 2.50 bits per heavy atom. The summed E-state index contributed by atoms with van der Waals surface area (Å²) in [6, 6.07) is 0.328. The monoisotopic (exact) mass is 194 g/mol. The Bertz CT molecular complexity index is 294. The topological polar surface area (TPSA) is 47.1 Å². The Balaban J connectivity index is 2.06. The van der Waals surface area contributed by atoms with Gasteiger partial charge in [0.1, 0.15) is 0 Å². The first-order valence-corrected chi connectivity index (χ1v) is 5.32. The Hall–Kier alpha value is -1.03. The van der Waals surface area contributed by atoms with Crippen molar-refractivity contribution in [2.75, 3.05) is 18.0 Å². The van der Waals surface area contributed by atoms with Gasteiger partial charge < -0.3 is 10.6 Å². The number of anilines is 1. The Morgan fingerprint density at radius 1 is 1.64 bits per heavy atom. The van der Waals surface area contributed by atoms with Crippen LogP contribution in [0.15, 0.2) is 12.4 Å². The van der Waals surface area contributed by atoms with Crippen LogP contribution >= 0.6 is 0 Å². The van der Waals surface area contributed by atoms with Crippen LogP contribution < -0.4 is 10.6 Å². The second-order valence-electron chi connectivity index (χ2n) is 3.90. The summed E-state index contributed by atoms with van der Waals surface area (Å²) in [5.41, 5.74) is 7.14. The molecule has 1 aliphatic rings. The minimum absolute atomic E-state index is 0.328. The lowest BCUT2D eigenvalue weighted by atomic mass is 10.1. The van der Waals surface area contributed by atoms with Gasteiger partial charge in [0.05, 0.1) is 11.9 Å². The first-order chi connectivity index (χ1) is 6.79. The van der Waals surface area contributed by atoms with Gasteiger partial charge in [0.15, 0.2) is 0 Å². The predicted molar refractivity (Wildman–Crippen MR) is 57.3 cm³/mol. The molecule has 0 amide bonds. The number of nitrogens with two attached hydrogens (primary N) is 1. The molecule has 0 bridgehead atoms. The van der Waals surface area contributed by atoms with Crippen LogP contribution in [0.1, 0.15) is 19.8 Å². The molecule has 0 aliphatic carbocycles. The largest absolute Gasteiger partial charge is 0.367 e. The highest BCUT2D eigenvalue weighted by molar-refractivity contribution is 5.42. The maximum absolute atomic E-state index is 5.93. The zero-order valence-electron chi connectivity index (χ0n) is 8.69. The van der Waals surface area contributed by atoms with Crippen LogP contribution in [0.4, 0.5) is 5.69 Å². The van der Waals surface area contributed by atoms with Gasteiger partial charge in [-0.15, -0.1) is 0 Å². The molecule has 78 valence electrons. The third kappa shape index (κ3) is 1.90. The molecule has 1 aromatic heterocycles. The van der Waals surface area contributed by atoms with E-state index in [2.05, 4.69) is 23.1 Å². The molecular weight excluding hydrogens is 176 g/mol. The average molecular weight is 194 g/mol. The quantitative estimate of drug-likeness (QED) is 0.758. The van der Waals surface area contributed by atoms with Gasteiger partial charge in [0.25, 0.3) is 0 Å². The Morgan fingerprint density at radius 3 is 3.14 bits per heavy atom. The van der Waals surface area contributed by atoms with Gasteiger partial charge in [0, 0.05) is 31.9 Å². The molecule has 4 heteroatoms. The van der Waals surface area contributed by atoms with Crippen molar-refractivity contribution in [3.05, 3.63) is 12.4 Å². The third-order valence-corrected chi connectivity index (χ3v) is 2.77. The number of piperidine rings is 1. The summed E-state index contributed by atoms with van der Waals surface area (Å²) < 4.78 is 1.95. The Labute approximate surface area is 84.7 Å². The van der Waals surface area contributed by atoms with Crippen molar-refractivity contribution >= 4 is 5.69 Å². The van der Waals surface area contributed by atoms with E-state index in [1.54, 1.807) is 0 Å². The smallest absolute Gasteiger partial charge is 0.0753 e. The molecule has 0 aromatic carbocycles. The zero-order chi connectivity index (χ0) is 9.97. The molecule has 1 aromatic rings. The fourth-order valence-corrected chi connectivity index (χ4v) is 1.93. The van der Waals surface area contributed by atoms with E-state index < -0.39 is 0 Å². The van der Waals surface area contributed by atoms with E-state index in [0.717, 1.165) is 26.1 Å². The lowest BCUT2D eigenvalue weighted by Crippen LogP contribution is -2.42. The van der Waals surface area contributed by atoms with E-state index >= 15 is 0 Å². The van der Waals surface area contributed by atoms with Gasteiger partial charge in [-0.2, -0.15) is 5.10 Å². The molecule has 4 nitrogen and oxygen atoms in total. The van der Waals surface area contributed by atoms with E-state index in [9.17, 15) is 0 Å². The van der Waals surface area contributed by atoms with E-state index in [1.165, 1.54) is 12.1 Å². The summed E-state index contributed by atoms with van der Waals surface area (Å²) in [5.74, 6) is 0. The van der Waals surface area contributed by atoms with Crippen LogP contribution in [0.25, 0.3) is 0 Å². The number of aromatic nitrogens is 2. The van der Waals surface area contributed by atoms with Crippen molar-refractivity contribution in [1.82, 2.24) is 9.78 Å². The summed E-state index contributed by atoms with van der Waals surface area (Å²) in [6.07, 6.45) is 6.37.